The van der Waals surface area contributed by atoms with Crippen LogP contribution in [0.3, 0.4) is 0 Å². The standard InChI is InChI=1S/C18H27NOS/c1-18(2,3)13-19-11-7-8-14(12-19)17(20)15-9-5-6-10-16(15)21-4/h5-6,9-10,14H,7-8,11-13H2,1-4H3/t14-/m1/s1. The van der Waals surface area contributed by atoms with Gasteiger partial charge in [0.1, 0.15) is 0 Å². The van der Waals surface area contributed by atoms with Gasteiger partial charge in [-0.1, -0.05) is 39.0 Å². The zero-order valence-corrected chi connectivity index (χ0v) is 14.5. The van der Waals surface area contributed by atoms with Crippen LogP contribution in [0.25, 0.3) is 0 Å². The molecule has 0 bridgehead atoms. The lowest BCUT2D eigenvalue weighted by molar-refractivity contribution is 0.0768. The lowest BCUT2D eigenvalue weighted by Gasteiger charge is -2.36. The highest BCUT2D eigenvalue weighted by molar-refractivity contribution is 7.98. The largest absolute Gasteiger partial charge is 0.302 e. The molecule has 1 aromatic carbocycles. The third-order valence-electron chi connectivity index (χ3n) is 3.95. The van der Waals surface area contributed by atoms with E-state index in [1.165, 1.54) is 0 Å². The van der Waals surface area contributed by atoms with E-state index in [1.807, 2.05) is 30.5 Å². The van der Waals surface area contributed by atoms with Crippen LogP contribution in [-0.4, -0.2) is 36.6 Å². The van der Waals surface area contributed by atoms with E-state index in [2.05, 4.69) is 25.7 Å². The number of rotatable bonds is 4. The molecule has 0 unspecified atom stereocenters. The highest BCUT2D eigenvalue weighted by Gasteiger charge is 2.29. The van der Waals surface area contributed by atoms with Crippen LogP contribution in [0.2, 0.25) is 0 Å². The maximum atomic E-state index is 12.9. The lowest BCUT2D eigenvalue weighted by Crippen LogP contribution is -2.42. The second-order valence-electron chi connectivity index (χ2n) is 7.20. The monoisotopic (exact) mass is 305 g/mol. The summed E-state index contributed by atoms with van der Waals surface area (Å²) in [7, 11) is 0. The number of benzene rings is 1. The molecule has 116 valence electrons. The molecule has 1 heterocycles. The molecular weight excluding hydrogens is 278 g/mol. The first-order valence-electron chi connectivity index (χ1n) is 7.80. The van der Waals surface area contributed by atoms with Crippen molar-refractivity contribution in [3.8, 4) is 0 Å². The van der Waals surface area contributed by atoms with Gasteiger partial charge in [-0.25, -0.2) is 0 Å². The average molecular weight is 305 g/mol. The van der Waals surface area contributed by atoms with Crippen LogP contribution in [0.1, 0.15) is 44.0 Å². The number of carbonyl (C=O) groups excluding carboxylic acids is 1. The number of piperidine rings is 1. The second-order valence-corrected chi connectivity index (χ2v) is 8.05. The van der Waals surface area contributed by atoms with Gasteiger partial charge >= 0.3 is 0 Å². The van der Waals surface area contributed by atoms with Gasteiger partial charge < -0.3 is 4.90 Å². The summed E-state index contributed by atoms with van der Waals surface area (Å²) in [6.45, 7) is 9.91. The van der Waals surface area contributed by atoms with Crippen molar-refractivity contribution < 1.29 is 4.79 Å². The van der Waals surface area contributed by atoms with Gasteiger partial charge in [0.15, 0.2) is 5.78 Å². The van der Waals surface area contributed by atoms with Gasteiger partial charge in [-0.3, -0.25) is 4.79 Å². The second kappa shape index (κ2) is 6.97. The van der Waals surface area contributed by atoms with E-state index in [1.54, 1.807) is 11.8 Å². The molecule has 1 saturated heterocycles. The molecule has 2 nitrogen and oxygen atoms in total. The summed E-state index contributed by atoms with van der Waals surface area (Å²) in [6, 6.07) is 8.02. The van der Waals surface area contributed by atoms with Gasteiger partial charge in [0.25, 0.3) is 0 Å². The summed E-state index contributed by atoms with van der Waals surface area (Å²) >= 11 is 1.66. The normalized spacial score (nSPS) is 20.5. The maximum absolute atomic E-state index is 12.9. The Kier molecular flexibility index (Phi) is 5.50. The van der Waals surface area contributed by atoms with Crippen molar-refractivity contribution in [2.75, 3.05) is 25.9 Å². The average Bonchev–Trinajstić information content (AvgIpc) is 2.45. The minimum atomic E-state index is 0.161. The summed E-state index contributed by atoms with van der Waals surface area (Å²) in [5, 5.41) is 0. The first kappa shape index (κ1) is 16.6. The minimum Gasteiger partial charge on any atom is -0.302 e. The van der Waals surface area contributed by atoms with E-state index < -0.39 is 0 Å². The molecule has 1 atom stereocenters. The molecule has 1 aromatic rings. The Morgan fingerprint density at radius 3 is 2.71 bits per heavy atom. The molecule has 0 radical (unpaired) electrons. The van der Waals surface area contributed by atoms with Gasteiger partial charge in [0.2, 0.25) is 0 Å². The molecule has 0 N–H and O–H groups in total. The van der Waals surface area contributed by atoms with Crippen LogP contribution in [0, 0.1) is 11.3 Å². The highest BCUT2D eigenvalue weighted by atomic mass is 32.2. The number of ketones is 1. The van der Waals surface area contributed by atoms with Crippen molar-refractivity contribution >= 4 is 17.5 Å². The maximum Gasteiger partial charge on any atom is 0.168 e. The van der Waals surface area contributed by atoms with Crippen LogP contribution >= 0.6 is 11.8 Å². The van der Waals surface area contributed by atoms with E-state index in [0.717, 1.165) is 42.9 Å². The Balaban J connectivity index is 2.08. The zero-order valence-electron chi connectivity index (χ0n) is 13.7. The molecule has 21 heavy (non-hydrogen) atoms. The molecule has 0 saturated carbocycles. The smallest absolute Gasteiger partial charge is 0.168 e. The predicted molar refractivity (Wildman–Crippen MR) is 91.2 cm³/mol. The summed E-state index contributed by atoms with van der Waals surface area (Å²) in [6.07, 6.45) is 4.20. The van der Waals surface area contributed by atoms with Crippen LogP contribution in [0.5, 0.6) is 0 Å². The molecule has 0 aliphatic carbocycles. The Morgan fingerprint density at radius 2 is 2.05 bits per heavy atom. The Hall–Kier alpha value is -0.800. The van der Waals surface area contributed by atoms with Crippen molar-refractivity contribution in [2.45, 2.75) is 38.5 Å². The van der Waals surface area contributed by atoms with Crippen molar-refractivity contribution in [1.82, 2.24) is 4.90 Å². The first-order valence-corrected chi connectivity index (χ1v) is 9.03. The van der Waals surface area contributed by atoms with Crippen LogP contribution < -0.4 is 0 Å². The van der Waals surface area contributed by atoms with Crippen LogP contribution in [0.15, 0.2) is 29.2 Å². The number of likely N-dealkylation sites (tertiary alicyclic amines) is 1. The third kappa shape index (κ3) is 4.58. The van der Waals surface area contributed by atoms with E-state index >= 15 is 0 Å². The number of thioether (sulfide) groups is 1. The van der Waals surface area contributed by atoms with Crippen LogP contribution in [0.4, 0.5) is 0 Å². The molecule has 1 fully saturated rings. The van der Waals surface area contributed by atoms with E-state index in [9.17, 15) is 4.79 Å². The number of hydrogen-bond donors (Lipinski definition) is 0. The van der Waals surface area contributed by atoms with Crippen molar-refractivity contribution in [3.05, 3.63) is 29.8 Å². The number of nitrogens with zero attached hydrogens (tertiary/aromatic N) is 1. The van der Waals surface area contributed by atoms with E-state index in [4.69, 9.17) is 0 Å². The Labute approximate surface area is 133 Å². The van der Waals surface area contributed by atoms with Gasteiger partial charge in [-0.05, 0) is 37.1 Å². The summed E-state index contributed by atoms with van der Waals surface area (Å²) in [4.78, 5) is 16.4. The molecule has 3 heteroatoms. The van der Waals surface area contributed by atoms with Gasteiger partial charge in [0.05, 0.1) is 0 Å². The number of Topliss-reactive ketones (excluding diaryl/α,β-unsaturated/α-hetero) is 1. The molecule has 2 rings (SSSR count). The SMILES string of the molecule is CSc1ccccc1C(=O)[C@@H]1CCCN(CC(C)(C)C)C1. The third-order valence-corrected chi connectivity index (χ3v) is 4.74. The van der Waals surface area contributed by atoms with Gasteiger partial charge in [-0.2, -0.15) is 0 Å². The van der Waals surface area contributed by atoms with E-state index in [0.29, 0.717) is 11.2 Å². The molecule has 1 aliphatic rings. The highest BCUT2D eigenvalue weighted by Crippen LogP contribution is 2.28. The fraction of sp³-hybridized carbons (Fsp3) is 0.611. The van der Waals surface area contributed by atoms with Crippen molar-refractivity contribution in [3.63, 3.8) is 0 Å². The zero-order chi connectivity index (χ0) is 15.5. The lowest BCUT2D eigenvalue weighted by atomic mass is 9.88. The summed E-state index contributed by atoms with van der Waals surface area (Å²) in [5.74, 6) is 0.493. The van der Waals surface area contributed by atoms with Gasteiger partial charge in [-0.15, -0.1) is 11.8 Å². The fourth-order valence-corrected chi connectivity index (χ4v) is 3.76. The summed E-state index contributed by atoms with van der Waals surface area (Å²) < 4.78 is 0. The molecule has 1 aliphatic heterocycles. The Bertz CT molecular complexity index is 492. The predicted octanol–water partition coefficient (Wildman–Crippen LogP) is 4.35. The fourth-order valence-electron chi connectivity index (χ4n) is 3.15. The number of carbonyl (C=O) groups is 1. The Morgan fingerprint density at radius 1 is 1.33 bits per heavy atom. The summed E-state index contributed by atoms with van der Waals surface area (Å²) in [5.41, 5.74) is 1.20. The van der Waals surface area contributed by atoms with Crippen LogP contribution in [-0.2, 0) is 0 Å². The van der Waals surface area contributed by atoms with Crippen molar-refractivity contribution in [1.29, 1.82) is 0 Å². The van der Waals surface area contributed by atoms with E-state index in [-0.39, 0.29) is 5.92 Å². The molecule has 0 spiro atoms. The molecule has 0 amide bonds. The quantitative estimate of drug-likeness (QED) is 0.609. The van der Waals surface area contributed by atoms with Crippen molar-refractivity contribution in [2.24, 2.45) is 11.3 Å². The first-order chi connectivity index (χ1) is 9.90. The minimum absolute atomic E-state index is 0.161. The number of hydrogen-bond acceptors (Lipinski definition) is 3. The molecular formula is C18H27NOS. The van der Waals surface area contributed by atoms with Gasteiger partial charge in [0, 0.05) is 29.5 Å². The topological polar surface area (TPSA) is 20.3 Å². The molecule has 0 aromatic heterocycles.